The fourth-order valence-corrected chi connectivity index (χ4v) is 4.73. The third-order valence-electron chi connectivity index (χ3n) is 6.84. The molecule has 1 aliphatic heterocycles. The van der Waals surface area contributed by atoms with Crippen LogP contribution in [-0.2, 0) is 22.6 Å². The molecule has 1 saturated heterocycles. The Kier molecular flexibility index (Phi) is 5.83. The van der Waals surface area contributed by atoms with Crippen molar-refractivity contribution in [2.75, 3.05) is 13.1 Å². The SMILES string of the molecule is Cc1nc2cc(C3CCN(C(=O)C4CC4)C3)nn2c(C)c1CCC(=O)NCc1cccnc1. The molecule has 5 rings (SSSR count). The number of hydrogen-bond acceptors (Lipinski definition) is 5. The molecule has 1 saturated carbocycles. The number of rotatable bonds is 7. The monoisotopic (exact) mass is 446 g/mol. The maximum absolute atomic E-state index is 12.4. The van der Waals surface area contributed by atoms with Crippen LogP contribution in [0, 0.1) is 19.8 Å². The molecular weight excluding hydrogens is 416 g/mol. The first-order chi connectivity index (χ1) is 16.0. The number of fused-ring (bicyclic) bond motifs is 1. The van der Waals surface area contributed by atoms with Gasteiger partial charge in [-0.2, -0.15) is 5.10 Å². The van der Waals surface area contributed by atoms with Crippen LogP contribution in [-0.4, -0.2) is 49.4 Å². The van der Waals surface area contributed by atoms with Crippen LogP contribution < -0.4 is 5.32 Å². The number of carbonyl (C=O) groups excluding carboxylic acids is 2. The molecule has 4 heterocycles. The van der Waals surface area contributed by atoms with Crippen LogP contribution in [0.5, 0.6) is 0 Å². The molecule has 0 bridgehead atoms. The van der Waals surface area contributed by atoms with Crippen molar-refractivity contribution >= 4 is 17.5 Å². The number of likely N-dealkylation sites (tertiary alicyclic amines) is 1. The van der Waals surface area contributed by atoms with E-state index < -0.39 is 0 Å². The summed E-state index contributed by atoms with van der Waals surface area (Å²) in [7, 11) is 0. The van der Waals surface area contributed by atoms with Crippen molar-refractivity contribution in [2.24, 2.45) is 5.92 Å². The first-order valence-corrected chi connectivity index (χ1v) is 11.8. The number of nitrogens with one attached hydrogen (secondary N) is 1. The second-order valence-electron chi connectivity index (χ2n) is 9.28. The van der Waals surface area contributed by atoms with E-state index in [1.165, 1.54) is 0 Å². The molecule has 8 nitrogen and oxygen atoms in total. The molecular formula is C25H30N6O2. The van der Waals surface area contributed by atoms with Gasteiger partial charge in [0.05, 0.1) is 5.69 Å². The lowest BCUT2D eigenvalue weighted by molar-refractivity contribution is -0.131. The minimum absolute atomic E-state index is 0.00489. The smallest absolute Gasteiger partial charge is 0.225 e. The third kappa shape index (κ3) is 4.60. The van der Waals surface area contributed by atoms with Crippen LogP contribution >= 0.6 is 0 Å². The molecule has 2 amide bonds. The zero-order chi connectivity index (χ0) is 22.9. The van der Waals surface area contributed by atoms with Crippen LogP contribution in [0.15, 0.2) is 30.6 Å². The summed E-state index contributed by atoms with van der Waals surface area (Å²) in [6.07, 6.45) is 7.52. The van der Waals surface area contributed by atoms with E-state index in [2.05, 4.69) is 16.4 Å². The molecule has 33 heavy (non-hydrogen) atoms. The van der Waals surface area contributed by atoms with E-state index in [1.807, 2.05) is 35.4 Å². The average Bonchev–Trinajstić information content (AvgIpc) is 3.39. The largest absolute Gasteiger partial charge is 0.352 e. The minimum atomic E-state index is 0.00489. The lowest BCUT2D eigenvalue weighted by Gasteiger charge is -2.15. The summed E-state index contributed by atoms with van der Waals surface area (Å²) in [6.45, 7) is 6.08. The predicted octanol–water partition coefficient (Wildman–Crippen LogP) is 2.72. The third-order valence-corrected chi connectivity index (χ3v) is 6.84. The highest BCUT2D eigenvalue weighted by atomic mass is 16.2. The van der Waals surface area contributed by atoms with E-state index in [0.717, 1.165) is 66.2 Å². The summed E-state index contributed by atoms with van der Waals surface area (Å²) in [6, 6.07) is 5.86. The number of aromatic nitrogens is 4. The van der Waals surface area contributed by atoms with Crippen LogP contribution in [0.1, 0.15) is 59.8 Å². The fraction of sp³-hybridized carbons (Fsp3) is 0.480. The van der Waals surface area contributed by atoms with Crippen molar-refractivity contribution in [3.8, 4) is 0 Å². The lowest BCUT2D eigenvalue weighted by Crippen LogP contribution is -2.29. The maximum Gasteiger partial charge on any atom is 0.225 e. The van der Waals surface area contributed by atoms with E-state index in [4.69, 9.17) is 10.1 Å². The highest BCUT2D eigenvalue weighted by Crippen LogP contribution is 2.35. The Morgan fingerprint density at radius 1 is 1.21 bits per heavy atom. The Bertz CT molecular complexity index is 1180. The van der Waals surface area contributed by atoms with Crippen molar-refractivity contribution in [2.45, 2.75) is 58.4 Å². The maximum atomic E-state index is 12.4. The summed E-state index contributed by atoms with van der Waals surface area (Å²) < 4.78 is 1.90. The molecule has 1 aliphatic carbocycles. The van der Waals surface area contributed by atoms with Gasteiger partial charge in [-0.15, -0.1) is 0 Å². The lowest BCUT2D eigenvalue weighted by atomic mass is 10.1. The highest BCUT2D eigenvalue weighted by molar-refractivity contribution is 5.81. The topological polar surface area (TPSA) is 92.5 Å². The Balaban J connectivity index is 1.25. The zero-order valence-electron chi connectivity index (χ0n) is 19.3. The molecule has 0 radical (unpaired) electrons. The van der Waals surface area contributed by atoms with E-state index in [0.29, 0.717) is 25.3 Å². The Morgan fingerprint density at radius 2 is 2.06 bits per heavy atom. The number of pyridine rings is 1. The molecule has 0 aromatic carbocycles. The Hall–Kier alpha value is -3.29. The fourth-order valence-electron chi connectivity index (χ4n) is 4.73. The van der Waals surface area contributed by atoms with Crippen molar-refractivity contribution in [3.05, 3.63) is 58.8 Å². The van der Waals surface area contributed by atoms with Gasteiger partial charge in [0, 0.05) is 67.7 Å². The molecule has 2 fully saturated rings. The van der Waals surface area contributed by atoms with Crippen molar-refractivity contribution < 1.29 is 9.59 Å². The predicted molar refractivity (Wildman–Crippen MR) is 124 cm³/mol. The van der Waals surface area contributed by atoms with E-state index >= 15 is 0 Å². The first kappa shape index (κ1) is 21.6. The Morgan fingerprint density at radius 3 is 2.82 bits per heavy atom. The van der Waals surface area contributed by atoms with Gasteiger partial charge in [0.1, 0.15) is 0 Å². The second-order valence-corrected chi connectivity index (χ2v) is 9.28. The van der Waals surface area contributed by atoms with Gasteiger partial charge in [0.2, 0.25) is 11.8 Å². The first-order valence-electron chi connectivity index (χ1n) is 11.8. The molecule has 0 spiro atoms. The van der Waals surface area contributed by atoms with Gasteiger partial charge in [-0.1, -0.05) is 6.07 Å². The summed E-state index contributed by atoms with van der Waals surface area (Å²) in [5, 5.41) is 7.82. The number of carbonyl (C=O) groups is 2. The van der Waals surface area contributed by atoms with Crippen LogP contribution in [0.2, 0.25) is 0 Å². The van der Waals surface area contributed by atoms with Gasteiger partial charge >= 0.3 is 0 Å². The van der Waals surface area contributed by atoms with Gasteiger partial charge in [-0.05, 0) is 56.7 Å². The van der Waals surface area contributed by atoms with Gasteiger partial charge in [-0.3, -0.25) is 14.6 Å². The number of aryl methyl sites for hydroxylation is 2. The summed E-state index contributed by atoms with van der Waals surface area (Å²) in [5.74, 6) is 0.845. The van der Waals surface area contributed by atoms with Crippen LogP contribution in [0.25, 0.3) is 5.65 Å². The van der Waals surface area contributed by atoms with Crippen LogP contribution in [0.3, 0.4) is 0 Å². The molecule has 172 valence electrons. The molecule has 3 aromatic rings. The van der Waals surface area contributed by atoms with Crippen molar-refractivity contribution in [3.63, 3.8) is 0 Å². The molecule has 1 unspecified atom stereocenters. The van der Waals surface area contributed by atoms with E-state index in [9.17, 15) is 9.59 Å². The van der Waals surface area contributed by atoms with Crippen LogP contribution in [0.4, 0.5) is 0 Å². The standard InChI is InChI=1S/C25H30N6O2/c1-16-21(7-8-24(32)27-14-18-4-3-10-26-13-18)17(2)31-23(28-16)12-22(29-31)20-9-11-30(15-20)25(33)19-5-6-19/h3-4,10,12-13,19-20H,5-9,11,14-15H2,1-2H3,(H,27,32). The number of nitrogens with zero attached hydrogens (tertiary/aromatic N) is 5. The zero-order valence-corrected chi connectivity index (χ0v) is 19.3. The summed E-state index contributed by atoms with van der Waals surface area (Å²) in [4.78, 5) is 35.6. The van der Waals surface area contributed by atoms with E-state index in [-0.39, 0.29) is 17.7 Å². The van der Waals surface area contributed by atoms with Gasteiger partial charge in [-0.25, -0.2) is 9.50 Å². The Labute approximate surface area is 193 Å². The normalized spacial score (nSPS) is 18.1. The molecule has 1 N–H and O–H groups in total. The highest BCUT2D eigenvalue weighted by Gasteiger charge is 2.37. The molecule has 2 aliphatic rings. The quantitative estimate of drug-likeness (QED) is 0.602. The average molecular weight is 447 g/mol. The summed E-state index contributed by atoms with van der Waals surface area (Å²) in [5.41, 5.74) is 5.83. The molecule has 1 atom stereocenters. The minimum Gasteiger partial charge on any atom is -0.352 e. The van der Waals surface area contributed by atoms with Crippen molar-refractivity contribution in [1.29, 1.82) is 0 Å². The van der Waals surface area contributed by atoms with Gasteiger partial charge in [0.25, 0.3) is 0 Å². The second kappa shape index (κ2) is 8.92. The molecule has 8 heteroatoms. The van der Waals surface area contributed by atoms with Gasteiger partial charge < -0.3 is 10.2 Å². The van der Waals surface area contributed by atoms with Crippen molar-refractivity contribution in [1.82, 2.24) is 29.8 Å². The van der Waals surface area contributed by atoms with Gasteiger partial charge in [0.15, 0.2) is 5.65 Å². The number of amides is 2. The number of hydrogen-bond donors (Lipinski definition) is 1. The van der Waals surface area contributed by atoms with E-state index in [1.54, 1.807) is 12.4 Å². The molecule has 3 aromatic heterocycles. The summed E-state index contributed by atoms with van der Waals surface area (Å²) >= 11 is 0.